The van der Waals surface area contributed by atoms with E-state index in [-0.39, 0.29) is 21.8 Å². The van der Waals surface area contributed by atoms with Crippen LogP contribution in [0.3, 0.4) is 0 Å². The topological polar surface area (TPSA) is 93.1 Å². The Morgan fingerprint density at radius 1 is 1.22 bits per heavy atom. The number of nitrogens with zero attached hydrogens (tertiary/aromatic N) is 3. The Morgan fingerprint density at radius 2 is 1.97 bits per heavy atom. The second-order valence-corrected chi connectivity index (χ2v) is 10.5. The molecule has 1 amide bonds. The van der Waals surface area contributed by atoms with Gasteiger partial charge in [0.2, 0.25) is 11.2 Å². The van der Waals surface area contributed by atoms with Crippen LogP contribution in [0.5, 0.6) is 5.75 Å². The van der Waals surface area contributed by atoms with Crippen molar-refractivity contribution in [1.29, 1.82) is 0 Å². The first-order valence-corrected chi connectivity index (χ1v) is 11.8. The Labute approximate surface area is 201 Å². The zero-order valence-electron chi connectivity index (χ0n) is 17.5. The molecule has 4 saturated carbocycles. The predicted octanol–water partition coefficient (Wildman–Crippen LogP) is 3.91. The number of anilines is 1. The highest BCUT2D eigenvalue weighted by molar-refractivity contribution is 7.80. The Morgan fingerprint density at radius 3 is 2.62 bits per heavy atom. The maximum atomic E-state index is 13.4. The minimum absolute atomic E-state index is 0.0376. The van der Waals surface area contributed by atoms with Gasteiger partial charge in [-0.3, -0.25) is 15.6 Å². The van der Waals surface area contributed by atoms with Crippen molar-refractivity contribution in [3.63, 3.8) is 0 Å². The fourth-order valence-corrected chi connectivity index (χ4v) is 6.86. The summed E-state index contributed by atoms with van der Waals surface area (Å²) in [5, 5.41) is 8.48. The van der Waals surface area contributed by atoms with Gasteiger partial charge in [-0.1, -0.05) is 11.6 Å². The van der Waals surface area contributed by atoms with Crippen molar-refractivity contribution < 1.29 is 9.53 Å². The molecule has 4 aliphatic rings. The Bertz CT molecular complexity index is 1060. The van der Waals surface area contributed by atoms with Gasteiger partial charge in [0.1, 0.15) is 12.1 Å². The van der Waals surface area contributed by atoms with Crippen molar-refractivity contribution in [1.82, 2.24) is 25.6 Å². The van der Waals surface area contributed by atoms with E-state index in [1.807, 2.05) is 4.68 Å². The van der Waals surface area contributed by atoms with Crippen molar-refractivity contribution in [2.24, 2.45) is 17.3 Å². The van der Waals surface area contributed by atoms with E-state index in [1.54, 1.807) is 31.6 Å². The van der Waals surface area contributed by atoms with Crippen LogP contribution in [0.4, 0.5) is 5.69 Å². The Hall–Kier alpha value is -2.10. The highest BCUT2D eigenvalue weighted by atomic mass is 35.5. The number of carbonyl (C=O) groups excluding carboxylic acids is 1. The molecule has 1 heterocycles. The van der Waals surface area contributed by atoms with Crippen LogP contribution in [0.25, 0.3) is 0 Å². The molecule has 11 heteroatoms. The molecule has 2 aromatic rings. The molecule has 0 saturated heterocycles. The van der Waals surface area contributed by atoms with Gasteiger partial charge in [-0.2, -0.15) is 0 Å². The normalized spacial score (nSPS) is 30.1. The molecule has 6 rings (SSSR count). The number of hydrogen-bond donors (Lipinski definition) is 3. The lowest BCUT2D eigenvalue weighted by molar-refractivity contribution is -0.156. The first-order chi connectivity index (χ1) is 15.3. The number of carbonyl (C=O) groups is 1. The summed E-state index contributed by atoms with van der Waals surface area (Å²) in [6, 6.07) is 5.19. The van der Waals surface area contributed by atoms with Crippen molar-refractivity contribution in [3.8, 4) is 5.75 Å². The lowest BCUT2D eigenvalue weighted by Gasteiger charge is -2.60. The van der Waals surface area contributed by atoms with Crippen molar-refractivity contribution in [2.45, 2.75) is 44.1 Å². The largest absolute Gasteiger partial charge is 0.495 e. The monoisotopic (exact) mass is 494 g/mol. The van der Waals surface area contributed by atoms with Crippen molar-refractivity contribution >= 4 is 52.1 Å². The number of halogens is 2. The predicted molar refractivity (Wildman–Crippen MR) is 126 cm³/mol. The van der Waals surface area contributed by atoms with E-state index in [0.29, 0.717) is 28.3 Å². The number of rotatable bonds is 4. The van der Waals surface area contributed by atoms with E-state index in [9.17, 15) is 4.79 Å². The number of aromatic nitrogens is 3. The average molecular weight is 495 g/mol. The molecule has 4 bridgehead atoms. The number of methoxy groups -OCH3 is 1. The van der Waals surface area contributed by atoms with E-state index in [1.165, 1.54) is 6.42 Å². The van der Waals surface area contributed by atoms with Crippen LogP contribution in [-0.4, -0.2) is 32.9 Å². The zero-order valence-corrected chi connectivity index (χ0v) is 19.9. The minimum atomic E-state index is -0.459. The maximum absolute atomic E-state index is 13.4. The van der Waals surface area contributed by atoms with Crippen LogP contribution >= 0.6 is 35.4 Å². The molecule has 32 heavy (non-hydrogen) atoms. The summed E-state index contributed by atoms with van der Waals surface area (Å²) in [4.78, 5) is 17.6. The summed E-state index contributed by atoms with van der Waals surface area (Å²) in [6.07, 6.45) is 7.38. The molecular weight excluding hydrogens is 471 g/mol. The summed E-state index contributed by atoms with van der Waals surface area (Å²) in [5.74, 6) is 1.54. The minimum Gasteiger partial charge on any atom is -0.495 e. The number of amides is 1. The fourth-order valence-electron chi connectivity index (χ4n) is 6.40. The third-order valence-corrected chi connectivity index (χ3v) is 7.77. The van der Waals surface area contributed by atoms with Gasteiger partial charge >= 0.3 is 0 Å². The first-order valence-electron chi connectivity index (χ1n) is 10.6. The molecule has 1 aromatic carbocycles. The zero-order chi connectivity index (χ0) is 22.5. The highest BCUT2D eigenvalue weighted by Crippen LogP contribution is 2.64. The van der Waals surface area contributed by atoms with Gasteiger partial charge in [-0.15, -0.1) is 5.10 Å². The summed E-state index contributed by atoms with van der Waals surface area (Å²) < 4.78 is 7.23. The van der Waals surface area contributed by atoms with Crippen LogP contribution in [0.15, 0.2) is 24.5 Å². The summed E-state index contributed by atoms with van der Waals surface area (Å²) in [7, 11) is 1.57. The lowest BCUT2D eigenvalue weighted by Crippen LogP contribution is -2.62. The second kappa shape index (κ2) is 8.04. The lowest BCUT2D eigenvalue weighted by atomic mass is 9.46. The molecule has 0 unspecified atom stereocenters. The van der Waals surface area contributed by atoms with Gasteiger partial charge in [0.15, 0.2) is 5.11 Å². The van der Waals surface area contributed by atoms with E-state index in [2.05, 4.69) is 26.3 Å². The molecule has 2 atom stereocenters. The van der Waals surface area contributed by atoms with E-state index in [4.69, 9.17) is 40.2 Å². The molecule has 4 fully saturated rings. The number of ether oxygens (including phenoxy) is 1. The highest BCUT2D eigenvalue weighted by Gasteiger charge is 2.61. The van der Waals surface area contributed by atoms with Crippen molar-refractivity contribution in [3.05, 3.63) is 34.8 Å². The number of nitrogens with one attached hydrogen (secondary N) is 3. The SMILES string of the molecule is COc1ccc(Cl)cc1NC(=S)NNC(=O)C12C[C@@H]3C[C@@H](C1)CC(n1cnc(Cl)n1)(C3)C2. The van der Waals surface area contributed by atoms with E-state index in [0.717, 1.165) is 32.1 Å². The van der Waals surface area contributed by atoms with Crippen molar-refractivity contribution in [2.75, 3.05) is 12.4 Å². The van der Waals surface area contributed by atoms with Gasteiger partial charge in [-0.05, 0) is 92.4 Å². The van der Waals surface area contributed by atoms with E-state index >= 15 is 0 Å². The molecular formula is C21H24Cl2N6O2S. The van der Waals surface area contributed by atoms with Gasteiger partial charge in [0.05, 0.1) is 23.8 Å². The molecule has 0 spiro atoms. The molecule has 170 valence electrons. The standard InChI is InChI=1S/C21H24Cl2N6O2S/c1-31-16-3-2-14(22)5-15(16)25-19(32)27-26-17(30)20-6-12-4-13(7-20)9-21(8-12,10-20)29-11-24-18(23)28-29/h2-3,5,11-13H,4,6-10H2,1H3,(H,26,30)(H2,25,27,32)/t12-,13-,20?,21?/m0/s1. The maximum Gasteiger partial charge on any atom is 0.244 e. The molecule has 0 radical (unpaired) electrons. The van der Waals surface area contributed by atoms with Crippen LogP contribution in [-0.2, 0) is 10.3 Å². The summed E-state index contributed by atoms with van der Waals surface area (Å²) in [5.41, 5.74) is 5.65. The molecule has 8 nitrogen and oxygen atoms in total. The van der Waals surface area contributed by atoms with Crippen LogP contribution in [0.1, 0.15) is 38.5 Å². The summed E-state index contributed by atoms with van der Waals surface area (Å²) in [6.45, 7) is 0. The number of thiocarbonyl (C=S) groups is 1. The number of hydrazine groups is 1. The average Bonchev–Trinajstić information content (AvgIpc) is 3.18. The van der Waals surface area contributed by atoms with Gasteiger partial charge in [0.25, 0.3) is 0 Å². The van der Waals surface area contributed by atoms with Crippen LogP contribution < -0.4 is 20.9 Å². The molecule has 0 aliphatic heterocycles. The van der Waals surface area contributed by atoms with Crippen LogP contribution in [0, 0.1) is 17.3 Å². The van der Waals surface area contributed by atoms with E-state index < -0.39 is 5.41 Å². The first kappa shape index (κ1) is 21.7. The quantitative estimate of drug-likeness (QED) is 0.438. The van der Waals surface area contributed by atoms with Gasteiger partial charge in [0, 0.05) is 5.02 Å². The smallest absolute Gasteiger partial charge is 0.244 e. The Kier molecular flexibility index (Phi) is 5.46. The number of benzene rings is 1. The Balaban J connectivity index is 1.28. The van der Waals surface area contributed by atoms with Crippen LogP contribution in [0.2, 0.25) is 10.3 Å². The number of hydrogen-bond acceptors (Lipinski definition) is 5. The third-order valence-electron chi connectivity index (χ3n) is 7.16. The second-order valence-electron chi connectivity index (χ2n) is 9.30. The third kappa shape index (κ3) is 3.80. The summed E-state index contributed by atoms with van der Waals surface area (Å²) >= 11 is 17.5. The van der Waals surface area contributed by atoms with Gasteiger partial charge < -0.3 is 10.1 Å². The fraction of sp³-hybridized carbons (Fsp3) is 0.524. The molecule has 4 aliphatic carbocycles. The molecule has 1 aromatic heterocycles. The van der Waals surface area contributed by atoms with Gasteiger partial charge in [-0.25, -0.2) is 9.67 Å². The molecule has 3 N–H and O–H groups in total.